The van der Waals surface area contributed by atoms with Crippen LogP contribution in [0, 0.1) is 0 Å². The van der Waals surface area contributed by atoms with Crippen LogP contribution in [0.15, 0.2) is 48.5 Å². The summed E-state index contributed by atoms with van der Waals surface area (Å²) in [6, 6.07) is 14.5. The fraction of sp³-hybridized carbons (Fsp3) is 0.235. The molecule has 21 heavy (non-hydrogen) atoms. The maximum Gasteiger partial charge on any atom is 0.251 e. The van der Waals surface area contributed by atoms with E-state index in [1.807, 2.05) is 26.0 Å². The number of hydrogen-bond acceptors (Lipinski definition) is 2. The maximum atomic E-state index is 12.0. The van der Waals surface area contributed by atoms with Crippen molar-refractivity contribution in [1.29, 1.82) is 0 Å². The summed E-state index contributed by atoms with van der Waals surface area (Å²) in [4.78, 5) is 12.0. The number of halogens is 1. The van der Waals surface area contributed by atoms with E-state index in [1.165, 1.54) is 0 Å². The summed E-state index contributed by atoms with van der Waals surface area (Å²) in [5, 5.41) is 3.56. The molecule has 0 radical (unpaired) electrons. The highest BCUT2D eigenvalue weighted by atomic mass is 35.5. The molecule has 0 aliphatic rings. The van der Waals surface area contributed by atoms with Crippen molar-refractivity contribution in [3.05, 3.63) is 64.7 Å². The number of carbonyl (C=O) groups is 1. The van der Waals surface area contributed by atoms with Gasteiger partial charge in [0.25, 0.3) is 5.91 Å². The monoisotopic (exact) mass is 303 g/mol. The number of nitrogens with one attached hydrogen (secondary N) is 1. The molecule has 0 aliphatic heterocycles. The molecule has 110 valence electrons. The summed E-state index contributed by atoms with van der Waals surface area (Å²) in [5.41, 5.74) is 1.62. The van der Waals surface area contributed by atoms with Crippen LogP contribution in [0.1, 0.15) is 29.8 Å². The van der Waals surface area contributed by atoms with Crippen molar-refractivity contribution in [2.24, 2.45) is 0 Å². The normalized spacial score (nSPS) is 10.5. The number of benzene rings is 2. The largest absolute Gasteiger partial charge is 0.491 e. The Hall–Kier alpha value is -2.00. The zero-order valence-electron chi connectivity index (χ0n) is 12.1. The molecule has 0 saturated heterocycles. The van der Waals surface area contributed by atoms with Crippen molar-refractivity contribution in [3.8, 4) is 5.75 Å². The van der Waals surface area contributed by atoms with Crippen LogP contribution in [0.2, 0.25) is 5.02 Å². The van der Waals surface area contributed by atoms with Gasteiger partial charge in [0.2, 0.25) is 0 Å². The lowest BCUT2D eigenvalue weighted by molar-refractivity contribution is 0.0951. The second kappa shape index (κ2) is 7.14. The lowest BCUT2D eigenvalue weighted by Gasteiger charge is -2.10. The van der Waals surface area contributed by atoms with E-state index in [9.17, 15) is 4.79 Å². The smallest absolute Gasteiger partial charge is 0.251 e. The Morgan fingerprint density at radius 1 is 1.10 bits per heavy atom. The third kappa shape index (κ3) is 4.80. The average Bonchev–Trinajstić information content (AvgIpc) is 2.46. The van der Waals surface area contributed by atoms with Gasteiger partial charge in [-0.2, -0.15) is 0 Å². The molecule has 2 aromatic carbocycles. The molecule has 3 nitrogen and oxygen atoms in total. The minimum atomic E-state index is -0.110. The lowest BCUT2D eigenvalue weighted by atomic mass is 10.2. The van der Waals surface area contributed by atoms with Crippen LogP contribution in [0.3, 0.4) is 0 Å². The predicted octanol–water partition coefficient (Wildman–Crippen LogP) is 4.06. The second-order valence-corrected chi connectivity index (χ2v) is 5.44. The first-order valence-electron chi connectivity index (χ1n) is 6.84. The van der Waals surface area contributed by atoms with E-state index < -0.39 is 0 Å². The average molecular weight is 304 g/mol. The van der Waals surface area contributed by atoms with Crippen LogP contribution in [0.4, 0.5) is 0 Å². The van der Waals surface area contributed by atoms with Crippen LogP contribution in [0.5, 0.6) is 5.75 Å². The molecule has 4 heteroatoms. The molecule has 1 amide bonds. The first-order chi connectivity index (χ1) is 10.0. The molecule has 0 fully saturated rings. The highest BCUT2D eigenvalue weighted by Gasteiger charge is 2.06. The zero-order valence-corrected chi connectivity index (χ0v) is 12.9. The molecule has 2 aromatic rings. The Balaban J connectivity index is 1.92. The summed E-state index contributed by atoms with van der Waals surface area (Å²) in [6.07, 6.45) is 0.120. The molecule has 0 heterocycles. The first kappa shape index (κ1) is 15.4. The van der Waals surface area contributed by atoms with Crippen LogP contribution in [0.25, 0.3) is 0 Å². The third-order valence-corrected chi connectivity index (χ3v) is 3.11. The van der Waals surface area contributed by atoms with Crippen LogP contribution < -0.4 is 10.1 Å². The fourth-order valence-electron chi connectivity index (χ4n) is 1.84. The van der Waals surface area contributed by atoms with Crippen molar-refractivity contribution in [2.75, 3.05) is 0 Å². The lowest BCUT2D eigenvalue weighted by Crippen LogP contribution is -2.22. The van der Waals surface area contributed by atoms with Crippen molar-refractivity contribution in [1.82, 2.24) is 5.32 Å². The highest BCUT2D eigenvalue weighted by molar-refractivity contribution is 6.30. The summed E-state index contributed by atoms with van der Waals surface area (Å²) in [6.45, 7) is 4.40. The second-order valence-electron chi connectivity index (χ2n) is 5.00. The Kier molecular flexibility index (Phi) is 5.23. The SMILES string of the molecule is CC(C)Oc1ccc(C(=O)NCc2ccc(Cl)cc2)cc1. The molecular weight excluding hydrogens is 286 g/mol. The molecule has 1 N–H and O–H groups in total. The van der Waals surface area contributed by atoms with E-state index in [0.717, 1.165) is 11.3 Å². The van der Waals surface area contributed by atoms with Crippen LogP contribution in [-0.2, 0) is 6.54 Å². The van der Waals surface area contributed by atoms with Gasteiger partial charge < -0.3 is 10.1 Å². The minimum Gasteiger partial charge on any atom is -0.491 e. The van der Waals surface area contributed by atoms with Crippen molar-refractivity contribution in [3.63, 3.8) is 0 Å². The number of ether oxygens (including phenoxy) is 1. The summed E-state index contributed by atoms with van der Waals surface area (Å²) in [7, 11) is 0. The molecule has 0 unspecified atom stereocenters. The molecule has 0 aliphatic carbocycles. The van der Waals surface area contributed by atoms with E-state index in [-0.39, 0.29) is 12.0 Å². The number of hydrogen-bond donors (Lipinski definition) is 1. The molecule has 0 atom stereocenters. The van der Waals surface area contributed by atoms with Gasteiger partial charge in [0.1, 0.15) is 5.75 Å². The number of rotatable bonds is 5. The first-order valence-corrected chi connectivity index (χ1v) is 7.22. The standard InChI is InChI=1S/C17H18ClNO2/c1-12(2)21-16-9-5-14(6-10-16)17(20)19-11-13-3-7-15(18)8-4-13/h3-10,12H,11H2,1-2H3,(H,19,20). The maximum absolute atomic E-state index is 12.0. The van der Waals surface area contributed by atoms with Gasteiger partial charge in [0.05, 0.1) is 6.10 Å². The van der Waals surface area contributed by atoms with Crippen LogP contribution in [-0.4, -0.2) is 12.0 Å². The third-order valence-electron chi connectivity index (χ3n) is 2.85. The summed E-state index contributed by atoms with van der Waals surface area (Å²) >= 11 is 5.82. The van der Waals surface area contributed by atoms with Crippen molar-refractivity contribution in [2.45, 2.75) is 26.5 Å². The Morgan fingerprint density at radius 3 is 2.29 bits per heavy atom. The van der Waals surface area contributed by atoms with Gasteiger partial charge in [0.15, 0.2) is 0 Å². The number of amides is 1. The van der Waals surface area contributed by atoms with E-state index >= 15 is 0 Å². The zero-order chi connectivity index (χ0) is 15.2. The fourth-order valence-corrected chi connectivity index (χ4v) is 1.97. The van der Waals surface area contributed by atoms with Gasteiger partial charge in [-0.1, -0.05) is 23.7 Å². The van der Waals surface area contributed by atoms with Crippen LogP contribution >= 0.6 is 11.6 Å². The molecule has 0 aromatic heterocycles. The van der Waals surface area contributed by atoms with Gasteiger partial charge in [-0.3, -0.25) is 4.79 Å². The van der Waals surface area contributed by atoms with E-state index in [1.54, 1.807) is 36.4 Å². The van der Waals surface area contributed by atoms with E-state index in [4.69, 9.17) is 16.3 Å². The van der Waals surface area contributed by atoms with E-state index in [0.29, 0.717) is 17.1 Å². The van der Waals surface area contributed by atoms with Gasteiger partial charge in [-0.05, 0) is 55.8 Å². The molecule has 0 bridgehead atoms. The molecule has 0 saturated carbocycles. The Bertz CT molecular complexity index is 591. The Labute approximate surface area is 129 Å². The molecular formula is C17H18ClNO2. The highest BCUT2D eigenvalue weighted by Crippen LogP contribution is 2.14. The Morgan fingerprint density at radius 2 is 1.71 bits per heavy atom. The van der Waals surface area contributed by atoms with Gasteiger partial charge in [0, 0.05) is 17.1 Å². The number of carbonyl (C=O) groups excluding carboxylic acids is 1. The molecule has 2 rings (SSSR count). The van der Waals surface area contributed by atoms with Gasteiger partial charge in [-0.25, -0.2) is 0 Å². The summed E-state index contributed by atoms with van der Waals surface area (Å²) < 4.78 is 5.55. The van der Waals surface area contributed by atoms with Crippen molar-refractivity contribution >= 4 is 17.5 Å². The van der Waals surface area contributed by atoms with Gasteiger partial charge in [-0.15, -0.1) is 0 Å². The summed E-state index contributed by atoms with van der Waals surface area (Å²) in [5.74, 6) is 0.653. The van der Waals surface area contributed by atoms with E-state index in [2.05, 4.69) is 5.32 Å². The quantitative estimate of drug-likeness (QED) is 0.904. The van der Waals surface area contributed by atoms with Gasteiger partial charge >= 0.3 is 0 Å². The minimum absolute atomic E-state index is 0.110. The molecule has 0 spiro atoms. The topological polar surface area (TPSA) is 38.3 Å². The van der Waals surface area contributed by atoms with Crippen molar-refractivity contribution < 1.29 is 9.53 Å². The predicted molar refractivity (Wildman–Crippen MR) is 84.8 cm³/mol.